The Morgan fingerprint density at radius 3 is 2.76 bits per heavy atom. The number of benzene rings is 1. The normalized spacial score (nSPS) is 14.2. The van der Waals surface area contributed by atoms with Crippen molar-refractivity contribution in [3.8, 4) is 22.8 Å². The molecule has 0 atom stereocenters. The molecule has 0 aliphatic heterocycles. The van der Waals surface area contributed by atoms with Gasteiger partial charge >= 0.3 is 6.61 Å². The van der Waals surface area contributed by atoms with Gasteiger partial charge in [0, 0.05) is 5.56 Å². The molecule has 2 N–H and O–H groups in total. The Balaban J connectivity index is 1.81. The first-order valence-corrected chi connectivity index (χ1v) is 7.91. The van der Waals surface area contributed by atoms with E-state index in [4.69, 9.17) is 16.3 Å². The second-order valence-electron chi connectivity index (χ2n) is 5.66. The predicted octanol–water partition coefficient (Wildman–Crippen LogP) is 3.71. The minimum atomic E-state index is -2.95. The number of nitrogens with zero attached hydrogens (tertiary/aromatic N) is 1. The van der Waals surface area contributed by atoms with Crippen LogP contribution in [0.1, 0.15) is 12.8 Å². The Kier molecular flexibility index (Phi) is 3.84. The van der Waals surface area contributed by atoms with Gasteiger partial charge < -0.3 is 14.5 Å². The van der Waals surface area contributed by atoms with Crippen molar-refractivity contribution in [2.75, 3.05) is 0 Å². The smallest absolute Gasteiger partial charge is 0.387 e. The van der Waals surface area contributed by atoms with Crippen molar-refractivity contribution in [2.24, 2.45) is 0 Å². The highest BCUT2D eigenvalue weighted by atomic mass is 35.5. The molecule has 2 heterocycles. The number of nitrogens with one attached hydrogen (secondary N) is 2. The number of ether oxygens (including phenoxy) is 2. The molecule has 0 amide bonds. The number of hydrogen-bond donors (Lipinski definition) is 2. The summed E-state index contributed by atoms with van der Waals surface area (Å²) in [5.74, 6) is 0.166. The van der Waals surface area contributed by atoms with E-state index in [9.17, 15) is 13.6 Å². The quantitative estimate of drug-likeness (QED) is 0.720. The van der Waals surface area contributed by atoms with Crippen molar-refractivity contribution >= 4 is 22.5 Å². The van der Waals surface area contributed by atoms with Gasteiger partial charge in [0.1, 0.15) is 0 Å². The highest BCUT2D eigenvalue weighted by molar-refractivity contribution is 6.38. The fourth-order valence-electron chi connectivity index (χ4n) is 2.54. The van der Waals surface area contributed by atoms with Crippen LogP contribution in [0, 0.1) is 0 Å². The summed E-state index contributed by atoms with van der Waals surface area (Å²) in [7, 11) is 0. The van der Waals surface area contributed by atoms with E-state index in [1.54, 1.807) is 12.1 Å². The predicted molar refractivity (Wildman–Crippen MR) is 87.4 cm³/mol. The fourth-order valence-corrected chi connectivity index (χ4v) is 2.88. The Morgan fingerprint density at radius 1 is 1.28 bits per heavy atom. The van der Waals surface area contributed by atoms with Gasteiger partial charge in [-0.1, -0.05) is 11.6 Å². The standard InChI is InChI=1S/C16H12ClF2N3O3/c17-13-12-9(6-20-22-15(12)23)21-14(13)7-1-4-10(25-16(18)19)11(5-7)24-8-2-3-8/h1,4-6,8,16,21H,2-3H2,(H,22,23). The topological polar surface area (TPSA) is 80.0 Å². The first kappa shape index (κ1) is 15.9. The molecule has 1 aliphatic carbocycles. The van der Waals surface area contributed by atoms with Gasteiger partial charge in [0.05, 0.1) is 33.9 Å². The van der Waals surface area contributed by atoms with Gasteiger partial charge in [-0.25, -0.2) is 5.10 Å². The summed E-state index contributed by atoms with van der Waals surface area (Å²) in [4.78, 5) is 14.9. The molecule has 4 rings (SSSR count). The van der Waals surface area contributed by atoms with E-state index in [1.165, 1.54) is 12.3 Å². The molecule has 0 unspecified atom stereocenters. The van der Waals surface area contributed by atoms with Gasteiger partial charge in [-0.3, -0.25) is 4.79 Å². The Hall–Kier alpha value is -2.61. The molecule has 1 aromatic carbocycles. The van der Waals surface area contributed by atoms with Crippen molar-refractivity contribution in [1.29, 1.82) is 0 Å². The van der Waals surface area contributed by atoms with E-state index in [2.05, 4.69) is 19.9 Å². The third kappa shape index (κ3) is 3.05. The van der Waals surface area contributed by atoms with Crippen LogP contribution in [0.15, 0.2) is 29.2 Å². The van der Waals surface area contributed by atoms with Gasteiger partial charge in [0.25, 0.3) is 5.56 Å². The molecule has 9 heteroatoms. The average Bonchev–Trinajstić information content (AvgIpc) is 3.31. The maximum atomic E-state index is 12.6. The first-order chi connectivity index (χ1) is 12.0. The summed E-state index contributed by atoms with van der Waals surface area (Å²) in [6.45, 7) is -2.95. The second kappa shape index (κ2) is 6.03. The zero-order valence-corrected chi connectivity index (χ0v) is 13.4. The van der Waals surface area contributed by atoms with Crippen LogP contribution in [0.4, 0.5) is 8.78 Å². The van der Waals surface area contributed by atoms with Crippen LogP contribution < -0.4 is 15.0 Å². The van der Waals surface area contributed by atoms with Crippen LogP contribution in [0.2, 0.25) is 5.02 Å². The lowest BCUT2D eigenvalue weighted by Gasteiger charge is -2.13. The van der Waals surface area contributed by atoms with Crippen LogP contribution in [0.5, 0.6) is 11.5 Å². The summed E-state index contributed by atoms with van der Waals surface area (Å²) >= 11 is 6.32. The van der Waals surface area contributed by atoms with E-state index < -0.39 is 12.2 Å². The number of rotatable bonds is 5. The zero-order valence-electron chi connectivity index (χ0n) is 12.7. The lowest BCUT2D eigenvalue weighted by Crippen LogP contribution is -2.06. The number of fused-ring (bicyclic) bond motifs is 1. The Morgan fingerprint density at radius 2 is 2.08 bits per heavy atom. The highest BCUT2D eigenvalue weighted by Crippen LogP contribution is 2.40. The van der Waals surface area contributed by atoms with E-state index in [1.807, 2.05) is 0 Å². The lowest BCUT2D eigenvalue weighted by molar-refractivity contribution is -0.0516. The molecule has 3 aromatic rings. The summed E-state index contributed by atoms with van der Waals surface area (Å²) < 4.78 is 35.3. The Bertz CT molecular complexity index is 998. The first-order valence-electron chi connectivity index (χ1n) is 7.53. The molecule has 1 aliphatic rings. The van der Waals surface area contributed by atoms with Gasteiger partial charge in [0.2, 0.25) is 0 Å². The third-order valence-electron chi connectivity index (χ3n) is 3.82. The SMILES string of the molecule is O=c1[nH]ncc2[nH]c(-c3ccc(OC(F)F)c(OC4CC4)c3)c(Cl)c12. The van der Waals surface area contributed by atoms with Crippen molar-refractivity contribution in [1.82, 2.24) is 15.2 Å². The number of hydrogen-bond acceptors (Lipinski definition) is 4. The van der Waals surface area contributed by atoms with Gasteiger partial charge in [0.15, 0.2) is 11.5 Å². The molecule has 0 bridgehead atoms. The molecule has 25 heavy (non-hydrogen) atoms. The van der Waals surface area contributed by atoms with Crippen molar-refractivity contribution in [3.05, 3.63) is 39.8 Å². The number of aromatic nitrogens is 3. The van der Waals surface area contributed by atoms with E-state index in [-0.39, 0.29) is 28.0 Å². The van der Waals surface area contributed by atoms with E-state index in [0.29, 0.717) is 16.8 Å². The number of aromatic amines is 2. The summed E-state index contributed by atoms with van der Waals surface area (Å²) in [5.41, 5.74) is 1.11. The van der Waals surface area contributed by atoms with Gasteiger partial charge in [-0.05, 0) is 31.0 Å². The van der Waals surface area contributed by atoms with Gasteiger partial charge in [-0.15, -0.1) is 0 Å². The van der Waals surface area contributed by atoms with Crippen LogP contribution >= 0.6 is 11.6 Å². The number of halogens is 3. The van der Waals surface area contributed by atoms with E-state index >= 15 is 0 Å². The maximum Gasteiger partial charge on any atom is 0.387 e. The van der Waals surface area contributed by atoms with Crippen molar-refractivity contribution in [2.45, 2.75) is 25.6 Å². The highest BCUT2D eigenvalue weighted by Gasteiger charge is 2.26. The second-order valence-corrected chi connectivity index (χ2v) is 6.04. The molecule has 1 fully saturated rings. The molecule has 6 nitrogen and oxygen atoms in total. The fraction of sp³-hybridized carbons (Fsp3) is 0.250. The molecule has 2 aromatic heterocycles. The minimum absolute atomic E-state index is 0.000466. The summed E-state index contributed by atoms with van der Waals surface area (Å²) in [6, 6.07) is 4.52. The van der Waals surface area contributed by atoms with Gasteiger partial charge in [-0.2, -0.15) is 13.9 Å². The maximum absolute atomic E-state index is 12.6. The molecule has 0 radical (unpaired) electrons. The molecule has 1 saturated carbocycles. The largest absolute Gasteiger partial charge is 0.487 e. The van der Waals surface area contributed by atoms with Crippen LogP contribution in [-0.4, -0.2) is 27.9 Å². The van der Waals surface area contributed by atoms with E-state index in [0.717, 1.165) is 12.8 Å². The molecule has 0 spiro atoms. The molecular formula is C16H12ClF2N3O3. The average molecular weight is 368 g/mol. The molecular weight excluding hydrogens is 356 g/mol. The monoisotopic (exact) mass is 367 g/mol. The van der Waals surface area contributed by atoms with Crippen LogP contribution in [-0.2, 0) is 0 Å². The number of alkyl halides is 2. The molecule has 0 saturated heterocycles. The third-order valence-corrected chi connectivity index (χ3v) is 4.20. The van der Waals surface area contributed by atoms with Crippen LogP contribution in [0.3, 0.4) is 0 Å². The summed E-state index contributed by atoms with van der Waals surface area (Å²) in [5, 5.41) is 6.54. The number of H-pyrrole nitrogens is 2. The molecule has 130 valence electrons. The summed E-state index contributed by atoms with van der Waals surface area (Å²) in [6.07, 6.45) is 3.18. The van der Waals surface area contributed by atoms with Crippen molar-refractivity contribution in [3.63, 3.8) is 0 Å². The zero-order chi connectivity index (χ0) is 17.6. The lowest BCUT2D eigenvalue weighted by atomic mass is 10.1. The minimum Gasteiger partial charge on any atom is -0.487 e. The Labute approximate surface area is 144 Å². The van der Waals surface area contributed by atoms with Crippen LogP contribution in [0.25, 0.3) is 22.2 Å². The van der Waals surface area contributed by atoms with Crippen molar-refractivity contribution < 1.29 is 18.3 Å².